The van der Waals surface area contributed by atoms with Gasteiger partial charge < -0.3 is 0 Å². The van der Waals surface area contributed by atoms with E-state index >= 15 is 0 Å². The molecular formula is C20H25N3O6S3. The highest BCUT2D eigenvalue weighted by Gasteiger charge is 2.33. The van der Waals surface area contributed by atoms with E-state index < -0.39 is 30.1 Å². The van der Waals surface area contributed by atoms with E-state index in [1.807, 2.05) is 0 Å². The number of benzene rings is 2. The lowest BCUT2D eigenvalue weighted by molar-refractivity contribution is 0.346. The first-order valence-corrected chi connectivity index (χ1v) is 14.6. The van der Waals surface area contributed by atoms with Crippen molar-refractivity contribution in [1.29, 1.82) is 0 Å². The van der Waals surface area contributed by atoms with Crippen LogP contribution in [0.15, 0.2) is 57.2 Å². The van der Waals surface area contributed by atoms with Gasteiger partial charge in [0.05, 0.1) is 20.4 Å². The average Bonchev–Trinajstić information content (AvgIpc) is 3.24. The van der Waals surface area contributed by atoms with Crippen LogP contribution in [0.1, 0.15) is 24.8 Å². The molecule has 0 radical (unpaired) electrons. The maximum atomic E-state index is 13.3. The average molecular weight is 500 g/mol. The fourth-order valence-corrected chi connectivity index (χ4v) is 8.03. The Morgan fingerprint density at radius 3 is 2.09 bits per heavy atom. The van der Waals surface area contributed by atoms with Gasteiger partial charge in [0.2, 0.25) is 20.0 Å². The minimum absolute atomic E-state index is 0.147. The Morgan fingerprint density at radius 2 is 1.41 bits per heavy atom. The van der Waals surface area contributed by atoms with Crippen LogP contribution < -0.4 is 9.03 Å². The quantitative estimate of drug-likeness (QED) is 0.643. The highest BCUT2D eigenvalue weighted by atomic mass is 32.2. The number of nitrogens with zero attached hydrogens (tertiary/aromatic N) is 2. The Bertz CT molecular complexity index is 1350. The fourth-order valence-electron chi connectivity index (χ4n) is 4.06. The van der Waals surface area contributed by atoms with Gasteiger partial charge in [0.25, 0.3) is 10.0 Å². The summed E-state index contributed by atoms with van der Waals surface area (Å²) in [5.41, 5.74) is 1.04. The Balaban J connectivity index is 1.67. The van der Waals surface area contributed by atoms with Crippen molar-refractivity contribution in [3.8, 4) is 0 Å². The normalized spacial score (nSPS) is 18.0. The molecule has 0 aromatic heterocycles. The number of rotatable bonds is 6. The molecular weight excluding hydrogens is 474 g/mol. The standard InChI is InChI=1S/C20H25N3O6S3/c1-21-30(24,25)17-6-5-7-18(15-17)32(28,29)23-13-10-16-14-19(8-9-20(16)23)31(26,27)22-11-3-2-4-12-22/h5-9,14-15,21H,2-4,10-13H2,1H3. The number of fused-ring (bicyclic) bond motifs is 1. The molecule has 2 aliphatic heterocycles. The van der Waals surface area contributed by atoms with Crippen molar-refractivity contribution >= 4 is 35.8 Å². The minimum atomic E-state index is -4.03. The first-order valence-electron chi connectivity index (χ1n) is 10.3. The van der Waals surface area contributed by atoms with Gasteiger partial charge in [-0.2, -0.15) is 4.31 Å². The smallest absolute Gasteiger partial charge is 0.264 e. The van der Waals surface area contributed by atoms with Crippen molar-refractivity contribution in [3.05, 3.63) is 48.0 Å². The number of anilines is 1. The molecule has 1 saturated heterocycles. The second-order valence-corrected chi connectivity index (χ2v) is 13.5. The lowest BCUT2D eigenvalue weighted by Crippen LogP contribution is -2.35. The van der Waals surface area contributed by atoms with E-state index in [-0.39, 0.29) is 21.2 Å². The van der Waals surface area contributed by atoms with Crippen LogP contribution in [0.5, 0.6) is 0 Å². The van der Waals surface area contributed by atoms with Crippen LogP contribution in [0, 0.1) is 0 Å². The topological polar surface area (TPSA) is 121 Å². The van der Waals surface area contributed by atoms with Gasteiger partial charge in [-0.15, -0.1) is 0 Å². The molecule has 0 saturated carbocycles. The Labute approximate surface area is 189 Å². The third kappa shape index (κ3) is 4.05. The molecule has 32 heavy (non-hydrogen) atoms. The summed E-state index contributed by atoms with van der Waals surface area (Å²) < 4.78 is 81.5. The number of nitrogens with one attached hydrogen (secondary N) is 1. The number of hydrogen-bond donors (Lipinski definition) is 1. The summed E-state index contributed by atoms with van der Waals surface area (Å²) in [6.07, 6.45) is 3.04. The molecule has 0 unspecified atom stereocenters. The molecule has 0 amide bonds. The molecule has 9 nitrogen and oxygen atoms in total. The second-order valence-electron chi connectivity index (χ2n) is 7.76. The zero-order valence-electron chi connectivity index (χ0n) is 17.6. The van der Waals surface area contributed by atoms with Crippen LogP contribution in [0.4, 0.5) is 5.69 Å². The van der Waals surface area contributed by atoms with Gasteiger partial charge in [-0.3, -0.25) is 4.31 Å². The van der Waals surface area contributed by atoms with Gasteiger partial charge in [0, 0.05) is 19.6 Å². The SMILES string of the molecule is CNS(=O)(=O)c1cccc(S(=O)(=O)N2CCc3cc(S(=O)(=O)N4CCCCC4)ccc32)c1. The summed E-state index contributed by atoms with van der Waals surface area (Å²) in [7, 11) is -10.2. The predicted molar refractivity (Wildman–Crippen MR) is 120 cm³/mol. The Morgan fingerprint density at radius 1 is 0.750 bits per heavy atom. The maximum absolute atomic E-state index is 13.3. The first-order chi connectivity index (χ1) is 15.1. The molecule has 1 N–H and O–H groups in total. The van der Waals surface area contributed by atoms with E-state index in [2.05, 4.69) is 4.72 Å². The lowest BCUT2D eigenvalue weighted by atomic mass is 10.2. The van der Waals surface area contributed by atoms with Gasteiger partial charge in [0.1, 0.15) is 0 Å². The minimum Gasteiger partial charge on any atom is -0.266 e. The summed E-state index contributed by atoms with van der Waals surface area (Å²) in [5.74, 6) is 0. The molecule has 12 heteroatoms. The zero-order valence-corrected chi connectivity index (χ0v) is 20.0. The highest BCUT2D eigenvalue weighted by Crippen LogP contribution is 2.35. The number of piperidine rings is 1. The van der Waals surface area contributed by atoms with Gasteiger partial charge >= 0.3 is 0 Å². The van der Waals surface area contributed by atoms with E-state index in [4.69, 9.17) is 0 Å². The molecule has 2 aliphatic rings. The largest absolute Gasteiger partial charge is 0.266 e. The van der Waals surface area contributed by atoms with Crippen LogP contribution in [0.25, 0.3) is 0 Å². The van der Waals surface area contributed by atoms with Crippen molar-refractivity contribution in [2.75, 3.05) is 31.0 Å². The maximum Gasteiger partial charge on any atom is 0.264 e. The summed E-state index contributed by atoms with van der Waals surface area (Å²) >= 11 is 0. The van der Waals surface area contributed by atoms with Crippen LogP contribution in [-0.4, -0.2) is 56.2 Å². The van der Waals surface area contributed by atoms with Crippen LogP contribution in [-0.2, 0) is 36.5 Å². The molecule has 2 heterocycles. The van der Waals surface area contributed by atoms with Crippen molar-refractivity contribution < 1.29 is 25.3 Å². The van der Waals surface area contributed by atoms with Crippen molar-refractivity contribution in [2.45, 2.75) is 40.4 Å². The highest BCUT2D eigenvalue weighted by molar-refractivity contribution is 7.93. The first kappa shape index (κ1) is 23.2. The van der Waals surface area contributed by atoms with Crippen LogP contribution in [0.3, 0.4) is 0 Å². The van der Waals surface area contributed by atoms with Gasteiger partial charge in [0.15, 0.2) is 0 Å². The molecule has 0 spiro atoms. The number of hydrogen-bond acceptors (Lipinski definition) is 6. The zero-order chi connectivity index (χ0) is 23.1. The van der Waals surface area contributed by atoms with E-state index in [9.17, 15) is 25.3 Å². The summed E-state index contributed by atoms with van der Waals surface area (Å²) in [5, 5.41) is 0. The van der Waals surface area contributed by atoms with E-state index in [1.165, 1.54) is 46.0 Å². The Kier molecular flexibility index (Phi) is 6.09. The molecule has 0 aliphatic carbocycles. The third-order valence-electron chi connectivity index (χ3n) is 5.83. The van der Waals surface area contributed by atoms with Crippen LogP contribution >= 0.6 is 0 Å². The predicted octanol–water partition coefficient (Wildman–Crippen LogP) is 1.52. The fraction of sp³-hybridized carbons (Fsp3) is 0.400. The van der Waals surface area contributed by atoms with E-state index in [0.717, 1.165) is 25.3 Å². The second kappa shape index (κ2) is 8.41. The molecule has 2 aromatic rings. The van der Waals surface area contributed by atoms with Gasteiger partial charge in [-0.25, -0.2) is 30.0 Å². The van der Waals surface area contributed by atoms with Crippen molar-refractivity contribution in [2.24, 2.45) is 0 Å². The van der Waals surface area contributed by atoms with Crippen molar-refractivity contribution in [1.82, 2.24) is 9.03 Å². The monoisotopic (exact) mass is 499 g/mol. The third-order valence-corrected chi connectivity index (χ3v) is 10.9. The molecule has 2 aromatic carbocycles. The lowest BCUT2D eigenvalue weighted by Gasteiger charge is -2.26. The summed E-state index contributed by atoms with van der Waals surface area (Å²) in [6, 6.07) is 9.68. The summed E-state index contributed by atoms with van der Waals surface area (Å²) in [6.45, 7) is 1.13. The number of sulfonamides is 3. The molecule has 1 fully saturated rings. The molecule has 4 rings (SSSR count). The van der Waals surface area contributed by atoms with E-state index in [1.54, 1.807) is 6.07 Å². The van der Waals surface area contributed by atoms with Crippen LogP contribution in [0.2, 0.25) is 0 Å². The Hall–Kier alpha value is -1.99. The summed E-state index contributed by atoms with van der Waals surface area (Å²) in [4.78, 5) is -0.130. The van der Waals surface area contributed by atoms with Gasteiger partial charge in [-0.05, 0) is 68.3 Å². The van der Waals surface area contributed by atoms with Crippen molar-refractivity contribution in [3.63, 3.8) is 0 Å². The molecule has 0 atom stereocenters. The molecule has 0 bridgehead atoms. The van der Waals surface area contributed by atoms with E-state index in [0.29, 0.717) is 30.8 Å². The van der Waals surface area contributed by atoms with Gasteiger partial charge in [-0.1, -0.05) is 12.5 Å². The molecule has 174 valence electrons.